The van der Waals surface area contributed by atoms with E-state index in [1.807, 2.05) is 54.6 Å². The molecule has 0 radical (unpaired) electrons. The molecule has 4 nitrogen and oxygen atoms in total. The maximum Gasteiger partial charge on any atom is 0.224 e. The summed E-state index contributed by atoms with van der Waals surface area (Å²) < 4.78 is 0. The van der Waals surface area contributed by atoms with Crippen LogP contribution in [0.4, 0.5) is 11.4 Å². The maximum absolute atomic E-state index is 12.3. The quantitative estimate of drug-likeness (QED) is 0.888. The van der Waals surface area contributed by atoms with Crippen LogP contribution < -0.4 is 10.2 Å². The first-order valence-electron chi connectivity index (χ1n) is 8.58. The smallest absolute Gasteiger partial charge is 0.224 e. The summed E-state index contributed by atoms with van der Waals surface area (Å²) in [5, 5.41) is 12.7. The van der Waals surface area contributed by atoms with E-state index in [1.165, 1.54) is 5.56 Å². The molecule has 24 heavy (non-hydrogen) atoms. The zero-order chi connectivity index (χ0) is 16.8. The van der Waals surface area contributed by atoms with Crippen LogP contribution in [0.15, 0.2) is 54.6 Å². The van der Waals surface area contributed by atoms with Gasteiger partial charge in [-0.05, 0) is 37.0 Å². The number of carbonyl (C=O) groups excluding carboxylic acids is 1. The Morgan fingerprint density at radius 3 is 2.46 bits per heavy atom. The number of benzene rings is 2. The zero-order valence-electron chi connectivity index (χ0n) is 13.8. The van der Waals surface area contributed by atoms with Gasteiger partial charge in [0.25, 0.3) is 0 Å². The first-order chi connectivity index (χ1) is 11.7. The Balaban J connectivity index is 1.61. The number of hydrogen-bond acceptors (Lipinski definition) is 3. The predicted molar refractivity (Wildman–Crippen MR) is 97.3 cm³/mol. The molecular weight excluding hydrogens is 300 g/mol. The van der Waals surface area contributed by atoms with Crippen molar-refractivity contribution in [3.8, 4) is 0 Å². The van der Waals surface area contributed by atoms with Gasteiger partial charge in [-0.2, -0.15) is 0 Å². The zero-order valence-corrected chi connectivity index (χ0v) is 13.8. The fourth-order valence-corrected chi connectivity index (χ4v) is 3.08. The Morgan fingerprint density at radius 2 is 1.71 bits per heavy atom. The standard InChI is InChI=1S/C20H24N2O2/c23-17-12-14-22(15-13-17)19-9-5-4-8-18(19)21-20(24)11-10-16-6-2-1-3-7-16/h1-9,17,23H,10-15H2,(H,21,24). The Labute approximate surface area is 143 Å². The number of carbonyl (C=O) groups is 1. The minimum atomic E-state index is -0.200. The third-order valence-electron chi connectivity index (χ3n) is 4.47. The molecule has 0 saturated carbocycles. The summed E-state index contributed by atoms with van der Waals surface area (Å²) in [6.07, 6.45) is 2.56. The van der Waals surface area contributed by atoms with Gasteiger partial charge in [-0.1, -0.05) is 42.5 Å². The highest BCUT2D eigenvalue weighted by molar-refractivity contribution is 5.94. The van der Waals surface area contributed by atoms with Crippen LogP contribution in [0.3, 0.4) is 0 Å². The SMILES string of the molecule is O=C(CCc1ccccc1)Nc1ccccc1N1CCC(O)CC1. The number of para-hydroxylation sites is 2. The van der Waals surface area contributed by atoms with Gasteiger partial charge < -0.3 is 15.3 Å². The van der Waals surface area contributed by atoms with Gasteiger partial charge in [0.1, 0.15) is 0 Å². The Kier molecular flexibility index (Phi) is 5.49. The second-order valence-electron chi connectivity index (χ2n) is 6.27. The minimum Gasteiger partial charge on any atom is -0.393 e. The highest BCUT2D eigenvalue weighted by atomic mass is 16.3. The van der Waals surface area contributed by atoms with Crippen molar-refractivity contribution >= 4 is 17.3 Å². The maximum atomic E-state index is 12.3. The molecule has 1 aliphatic heterocycles. The van der Waals surface area contributed by atoms with E-state index < -0.39 is 0 Å². The van der Waals surface area contributed by atoms with Crippen molar-refractivity contribution in [1.29, 1.82) is 0 Å². The second kappa shape index (κ2) is 7.97. The number of rotatable bonds is 5. The van der Waals surface area contributed by atoms with Crippen LogP contribution in [0.1, 0.15) is 24.8 Å². The molecule has 3 rings (SSSR count). The van der Waals surface area contributed by atoms with Crippen LogP contribution in [-0.2, 0) is 11.2 Å². The van der Waals surface area contributed by atoms with E-state index in [9.17, 15) is 9.90 Å². The highest BCUT2D eigenvalue weighted by Crippen LogP contribution is 2.28. The summed E-state index contributed by atoms with van der Waals surface area (Å²) in [6, 6.07) is 18.0. The first kappa shape index (κ1) is 16.5. The van der Waals surface area contributed by atoms with Gasteiger partial charge in [0, 0.05) is 19.5 Å². The summed E-state index contributed by atoms with van der Waals surface area (Å²) in [5.74, 6) is 0.0309. The average molecular weight is 324 g/mol. The third-order valence-corrected chi connectivity index (χ3v) is 4.47. The lowest BCUT2D eigenvalue weighted by atomic mass is 10.1. The molecule has 1 saturated heterocycles. The number of aliphatic hydroxyl groups excluding tert-OH is 1. The van der Waals surface area contributed by atoms with Gasteiger partial charge in [0.15, 0.2) is 0 Å². The molecule has 2 N–H and O–H groups in total. The number of piperidine rings is 1. The molecule has 1 heterocycles. The van der Waals surface area contributed by atoms with Crippen molar-refractivity contribution in [2.45, 2.75) is 31.8 Å². The number of anilines is 2. The molecule has 0 unspecified atom stereocenters. The summed E-state index contributed by atoms with van der Waals surface area (Å²) in [4.78, 5) is 14.5. The normalized spacial score (nSPS) is 15.3. The first-order valence-corrected chi connectivity index (χ1v) is 8.58. The molecule has 2 aromatic carbocycles. The van der Waals surface area contributed by atoms with Crippen molar-refractivity contribution in [2.24, 2.45) is 0 Å². The lowest BCUT2D eigenvalue weighted by molar-refractivity contribution is -0.116. The Bertz CT molecular complexity index is 664. The van der Waals surface area contributed by atoms with Crippen molar-refractivity contribution in [2.75, 3.05) is 23.3 Å². The van der Waals surface area contributed by atoms with Crippen molar-refractivity contribution in [1.82, 2.24) is 0 Å². The largest absolute Gasteiger partial charge is 0.393 e. The highest BCUT2D eigenvalue weighted by Gasteiger charge is 2.19. The molecule has 4 heteroatoms. The second-order valence-corrected chi connectivity index (χ2v) is 6.27. The van der Waals surface area contributed by atoms with Crippen molar-refractivity contribution in [3.63, 3.8) is 0 Å². The predicted octanol–water partition coefficient (Wildman–Crippen LogP) is 3.22. The van der Waals surface area contributed by atoms with E-state index in [1.54, 1.807) is 0 Å². The molecule has 126 valence electrons. The van der Waals surface area contributed by atoms with Crippen LogP contribution in [0, 0.1) is 0 Å². The number of amides is 1. The molecule has 1 aliphatic rings. The summed E-state index contributed by atoms with van der Waals surface area (Å²) in [7, 11) is 0. The van der Waals surface area contributed by atoms with E-state index in [0.717, 1.165) is 43.7 Å². The molecular formula is C20H24N2O2. The lowest BCUT2D eigenvalue weighted by Crippen LogP contribution is -2.36. The van der Waals surface area contributed by atoms with E-state index in [2.05, 4.69) is 10.2 Å². The average Bonchev–Trinajstić information content (AvgIpc) is 2.62. The monoisotopic (exact) mass is 324 g/mol. The van der Waals surface area contributed by atoms with E-state index in [-0.39, 0.29) is 12.0 Å². The van der Waals surface area contributed by atoms with Crippen molar-refractivity contribution < 1.29 is 9.90 Å². The van der Waals surface area contributed by atoms with Crippen LogP contribution >= 0.6 is 0 Å². The Hall–Kier alpha value is -2.33. The molecule has 0 atom stereocenters. The molecule has 1 fully saturated rings. The van der Waals surface area contributed by atoms with Crippen LogP contribution in [0.5, 0.6) is 0 Å². The van der Waals surface area contributed by atoms with Crippen LogP contribution in [0.2, 0.25) is 0 Å². The van der Waals surface area contributed by atoms with Gasteiger partial charge in [-0.15, -0.1) is 0 Å². The summed E-state index contributed by atoms with van der Waals surface area (Å²) >= 11 is 0. The fraction of sp³-hybridized carbons (Fsp3) is 0.350. The van der Waals surface area contributed by atoms with Crippen molar-refractivity contribution in [3.05, 3.63) is 60.2 Å². The third kappa shape index (κ3) is 4.36. The summed E-state index contributed by atoms with van der Waals surface area (Å²) in [6.45, 7) is 1.64. The number of hydrogen-bond donors (Lipinski definition) is 2. The van der Waals surface area contributed by atoms with Gasteiger partial charge in [-0.3, -0.25) is 4.79 Å². The van der Waals surface area contributed by atoms with Crippen LogP contribution in [-0.4, -0.2) is 30.2 Å². The molecule has 0 aromatic heterocycles. The topological polar surface area (TPSA) is 52.6 Å². The lowest BCUT2D eigenvalue weighted by Gasteiger charge is -2.32. The fourth-order valence-electron chi connectivity index (χ4n) is 3.08. The number of nitrogens with one attached hydrogen (secondary N) is 1. The molecule has 2 aromatic rings. The minimum absolute atomic E-state index is 0.0309. The Morgan fingerprint density at radius 1 is 1.04 bits per heavy atom. The van der Waals surface area contributed by atoms with Gasteiger partial charge in [0.05, 0.1) is 17.5 Å². The van der Waals surface area contributed by atoms with E-state index in [4.69, 9.17) is 0 Å². The van der Waals surface area contributed by atoms with Crippen LogP contribution in [0.25, 0.3) is 0 Å². The number of aliphatic hydroxyl groups is 1. The van der Waals surface area contributed by atoms with Gasteiger partial charge >= 0.3 is 0 Å². The number of nitrogens with zero attached hydrogens (tertiary/aromatic N) is 1. The molecule has 1 amide bonds. The molecule has 0 aliphatic carbocycles. The van der Waals surface area contributed by atoms with Gasteiger partial charge in [-0.25, -0.2) is 0 Å². The van der Waals surface area contributed by atoms with Gasteiger partial charge in [0.2, 0.25) is 5.91 Å². The molecule has 0 spiro atoms. The molecule has 0 bridgehead atoms. The van der Waals surface area contributed by atoms with E-state index in [0.29, 0.717) is 6.42 Å². The summed E-state index contributed by atoms with van der Waals surface area (Å²) in [5.41, 5.74) is 3.07. The number of aryl methyl sites for hydroxylation is 1. The van der Waals surface area contributed by atoms with E-state index >= 15 is 0 Å².